The summed E-state index contributed by atoms with van der Waals surface area (Å²) < 4.78 is 6.53. The van der Waals surface area contributed by atoms with Crippen LogP contribution in [0.5, 0.6) is 5.75 Å². The fourth-order valence-electron chi connectivity index (χ4n) is 2.55. The van der Waals surface area contributed by atoms with Crippen LogP contribution in [0.4, 0.5) is 0 Å². The molecule has 2 aromatic rings. The molecule has 0 N–H and O–H groups in total. The topological polar surface area (TPSA) is 26.3 Å². The molecule has 2 nitrogen and oxygen atoms in total. The third-order valence-electron chi connectivity index (χ3n) is 3.48. The number of carbonyl (C=O) groups is 1. The van der Waals surface area contributed by atoms with Crippen LogP contribution >= 0.6 is 15.9 Å². The fourth-order valence-corrected chi connectivity index (χ4v) is 4.53. The number of hydrogen-bond acceptors (Lipinski definition) is 2. The zero-order chi connectivity index (χ0) is 14.1. The van der Waals surface area contributed by atoms with Crippen molar-refractivity contribution < 1.29 is 9.53 Å². The average Bonchev–Trinajstić information content (AvgIpc) is 2.47. The molecule has 1 heterocycles. The Hall–Kier alpha value is -1.09. The number of hydrogen-bond donors (Lipinski definition) is 0. The van der Waals surface area contributed by atoms with Crippen LogP contribution < -0.4 is 4.74 Å². The zero-order valence-corrected chi connectivity index (χ0v) is 14.2. The van der Waals surface area contributed by atoms with Gasteiger partial charge in [0, 0.05) is 0 Å². The van der Waals surface area contributed by atoms with E-state index in [2.05, 4.69) is 40.0 Å². The Morgan fingerprint density at radius 3 is 2.50 bits per heavy atom. The number of halogens is 1. The van der Waals surface area contributed by atoms with E-state index in [-0.39, 0.29) is 31.7 Å². The van der Waals surface area contributed by atoms with Gasteiger partial charge in [-0.3, -0.25) is 0 Å². The molecule has 0 saturated carbocycles. The second-order valence-electron chi connectivity index (χ2n) is 4.64. The molecule has 3 rings (SSSR count). The second-order valence-corrected chi connectivity index (χ2v) is 7.61. The number of ether oxygens (including phenoxy) is 1. The molecule has 1 aliphatic heterocycles. The Morgan fingerprint density at radius 2 is 1.80 bits per heavy atom. The van der Waals surface area contributed by atoms with Gasteiger partial charge in [-0.25, -0.2) is 0 Å². The van der Waals surface area contributed by atoms with Gasteiger partial charge in [0.1, 0.15) is 0 Å². The normalized spacial score (nSPS) is 21.2. The van der Waals surface area contributed by atoms with E-state index in [9.17, 15) is 4.79 Å². The summed E-state index contributed by atoms with van der Waals surface area (Å²) >= 11 is 3.65. The summed E-state index contributed by atoms with van der Waals surface area (Å²) in [5.74, 6) is 2.80. The van der Waals surface area contributed by atoms with Crippen LogP contribution in [0.1, 0.15) is 17.0 Å². The molecule has 20 heavy (non-hydrogen) atoms. The molecule has 0 unspecified atom stereocenters. The molecule has 2 atom stereocenters. The maximum atomic E-state index is 12.2. The van der Waals surface area contributed by atoms with E-state index < -0.39 is 0 Å². The van der Waals surface area contributed by atoms with Crippen LogP contribution in [-0.4, -0.2) is 20.9 Å². The van der Waals surface area contributed by atoms with Gasteiger partial charge in [-0.15, -0.1) is 0 Å². The van der Waals surface area contributed by atoms with Crippen molar-refractivity contribution in [2.75, 3.05) is 0 Å². The van der Waals surface area contributed by atoms with Crippen molar-refractivity contribution in [3.05, 3.63) is 64.1 Å². The van der Waals surface area contributed by atoms with Gasteiger partial charge < -0.3 is 0 Å². The van der Waals surface area contributed by atoms with E-state index in [1.54, 1.807) is 0 Å². The van der Waals surface area contributed by atoms with Crippen LogP contribution in [0.3, 0.4) is 0 Å². The van der Waals surface area contributed by atoms with Gasteiger partial charge in [0.2, 0.25) is 0 Å². The molecule has 1 aliphatic rings. The van der Waals surface area contributed by atoms with Gasteiger partial charge in [0.15, 0.2) is 0 Å². The van der Waals surface area contributed by atoms with Gasteiger partial charge >= 0.3 is 133 Å². The van der Waals surface area contributed by atoms with Crippen molar-refractivity contribution in [3.8, 4) is 5.75 Å². The first-order valence-electron chi connectivity index (χ1n) is 6.29. The van der Waals surface area contributed by atoms with Crippen LogP contribution in [0.2, 0.25) is 10.6 Å². The number of benzene rings is 2. The van der Waals surface area contributed by atoms with Crippen LogP contribution in [0.25, 0.3) is 0 Å². The maximum absolute atomic E-state index is 12.2. The molecule has 0 bridgehead atoms. The summed E-state index contributed by atoms with van der Waals surface area (Å²) in [4.78, 5) is 12.2. The Labute approximate surface area is 132 Å². The van der Waals surface area contributed by atoms with Gasteiger partial charge in [0.05, 0.1) is 0 Å². The first-order chi connectivity index (χ1) is 9.70. The third kappa shape index (κ3) is 2.44. The predicted molar refractivity (Wildman–Crippen MR) is 83.4 cm³/mol. The van der Waals surface area contributed by atoms with Crippen molar-refractivity contribution >= 4 is 36.9 Å². The number of fused-ring (bicyclic) bond motifs is 1. The summed E-state index contributed by atoms with van der Waals surface area (Å²) in [6.07, 6.45) is 0. The molecule has 4 heteroatoms. The summed E-state index contributed by atoms with van der Waals surface area (Å²) in [5.41, 5.74) is 2.29. The molecular weight excluding hydrogens is 383 g/mol. The molecular formula is C16H13BrO2Se. The second kappa shape index (κ2) is 5.72. The monoisotopic (exact) mass is 396 g/mol. The van der Waals surface area contributed by atoms with Crippen molar-refractivity contribution in [2.24, 2.45) is 0 Å². The molecule has 102 valence electrons. The quantitative estimate of drug-likeness (QED) is 0.435. The van der Waals surface area contributed by atoms with E-state index in [1.165, 1.54) is 5.56 Å². The molecule has 0 amide bonds. The Balaban J connectivity index is 2.14. The van der Waals surface area contributed by atoms with E-state index in [0.29, 0.717) is 5.75 Å². The molecule has 0 spiro atoms. The van der Waals surface area contributed by atoms with Crippen LogP contribution in [-0.2, 0) is 4.79 Å². The van der Waals surface area contributed by atoms with Crippen LogP contribution in [0.15, 0.2) is 53.0 Å². The van der Waals surface area contributed by atoms with Crippen molar-refractivity contribution in [3.63, 3.8) is 0 Å². The van der Waals surface area contributed by atoms with Gasteiger partial charge in [-0.2, -0.15) is 0 Å². The van der Waals surface area contributed by atoms with E-state index in [0.717, 1.165) is 10.0 Å². The summed E-state index contributed by atoms with van der Waals surface area (Å²) in [5, 5.41) is 0. The minimum absolute atomic E-state index is 0.0569. The van der Waals surface area contributed by atoms with Crippen LogP contribution in [0, 0.1) is 0 Å². The molecule has 0 aromatic heterocycles. The first kappa shape index (κ1) is 13.9. The van der Waals surface area contributed by atoms with E-state index in [1.807, 2.05) is 30.3 Å². The van der Waals surface area contributed by atoms with Gasteiger partial charge in [-0.05, 0) is 0 Å². The third-order valence-corrected chi connectivity index (χ3v) is 6.05. The number of rotatable bonds is 2. The number of carbonyl (C=O) groups excluding carboxylic acids is 1. The first-order valence-corrected chi connectivity index (χ1v) is 9.79. The Bertz CT molecular complexity index is 639. The van der Waals surface area contributed by atoms with Gasteiger partial charge in [-0.1, -0.05) is 0 Å². The molecule has 0 fully saturated rings. The molecule has 0 aliphatic carbocycles. The molecule has 0 saturated heterocycles. The predicted octanol–water partition coefficient (Wildman–Crippen LogP) is 4.04. The van der Waals surface area contributed by atoms with Crippen molar-refractivity contribution in [1.29, 1.82) is 0 Å². The number of para-hydroxylation sites is 1. The minimum atomic E-state index is -0.0980. The Morgan fingerprint density at radius 1 is 1.10 bits per heavy atom. The Kier molecular flexibility index (Phi) is 3.97. The standard InChI is InChI=1S/C16H13BrO2Se/c1-20-15-14(10-6-8-11(17)9-7-10)12-4-2-3-5-13(12)19-16(15)18/h2-9,14-15H,1H3/t14-,15+/m1/s1. The average molecular weight is 396 g/mol. The molecule has 2 aromatic carbocycles. The van der Waals surface area contributed by atoms with Gasteiger partial charge in [0.25, 0.3) is 0 Å². The molecule has 0 radical (unpaired) electrons. The van der Waals surface area contributed by atoms with Crippen molar-refractivity contribution in [2.45, 2.75) is 16.6 Å². The van der Waals surface area contributed by atoms with E-state index >= 15 is 0 Å². The summed E-state index contributed by atoms with van der Waals surface area (Å²) in [6, 6.07) is 16.1. The zero-order valence-electron chi connectivity index (χ0n) is 10.9. The SMILES string of the molecule is C[Se][C@@H]1C(=O)Oc2ccccc2[C@H]1c1ccc(Br)cc1. The van der Waals surface area contributed by atoms with E-state index in [4.69, 9.17) is 4.74 Å². The fraction of sp³-hybridized carbons (Fsp3) is 0.188. The summed E-state index contributed by atoms with van der Waals surface area (Å²) in [6.45, 7) is 0. The van der Waals surface area contributed by atoms with Crippen molar-refractivity contribution in [1.82, 2.24) is 0 Å². The number of esters is 1. The summed E-state index contributed by atoms with van der Waals surface area (Å²) in [7, 11) is 0.